The first-order valence-corrected chi connectivity index (χ1v) is 7.49. The Morgan fingerprint density at radius 3 is 2.70 bits per heavy atom. The van der Waals surface area contributed by atoms with E-state index >= 15 is 4.39 Å². The second-order valence-corrected chi connectivity index (χ2v) is 6.36. The van der Waals surface area contributed by atoms with Gasteiger partial charge in [0.1, 0.15) is 5.67 Å². The van der Waals surface area contributed by atoms with Crippen molar-refractivity contribution in [2.45, 2.75) is 49.9 Å². The van der Waals surface area contributed by atoms with Gasteiger partial charge in [0.25, 0.3) is 0 Å². The van der Waals surface area contributed by atoms with E-state index in [9.17, 15) is 0 Å². The molecule has 2 nitrogen and oxygen atoms in total. The molecular weight excluding hydrogens is 251 g/mol. The van der Waals surface area contributed by atoms with Gasteiger partial charge in [-0.1, -0.05) is 18.2 Å². The summed E-state index contributed by atoms with van der Waals surface area (Å²) in [6, 6.07) is 10.8. The monoisotopic (exact) mass is 270 g/mol. The van der Waals surface area contributed by atoms with E-state index in [0.29, 0.717) is 31.3 Å². The highest BCUT2D eigenvalue weighted by Gasteiger charge is 2.44. The lowest BCUT2D eigenvalue weighted by atomic mass is 9.83. The molecule has 1 aromatic carbocycles. The predicted molar refractivity (Wildman–Crippen MR) is 78.5 cm³/mol. The van der Waals surface area contributed by atoms with Crippen molar-refractivity contribution in [3.05, 3.63) is 42.1 Å². The van der Waals surface area contributed by atoms with Gasteiger partial charge in [-0.05, 0) is 43.4 Å². The molecule has 3 heterocycles. The first kappa shape index (κ1) is 12.3. The molecule has 3 heteroatoms. The maximum absolute atomic E-state index is 15.3. The normalized spacial score (nSPS) is 32.6. The van der Waals surface area contributed by atoms with Crippen LogP contribution < -0.4 is 5.32 Å². The summed E-state index contributed by atoms with van der Waals surface area (Å²) < 4.78 is 15.3. The van der Waals surface area contributed by atoms with E-state index in [1.54, 1.807) is 6.20 Å². The first-order chi connectivity index (χ1) is 9.72. The second-order valence-electron chi connectivity index (χ2n) is 6.36. The smallest absolute Gasteiger partial charge is 0.118 e. The number of aromatic nitrogens is 1. The Hall–Kier alpha value is -1.48. The van der Waals surface area contributed by atoms with Crippen molar-refractivity contribution in [3.63, 3.8) is 0 Å². The SMILES string of the molecule is FC1(Cc2ccnc3ccccc23)CC2CCC(C1)N2. The van der Waals surface area contributed by atoms with Crippen LogP contribution in [0.5, 0.6) is 0 Å². The number of hydrogen-bond donors (Lipinski definition) is 1. The molecule has 0 aliphatic carbocycles. The van der Waals surface area contributed by atoms with E-state index in [1.165, 1.54) is 0 Å². The van der Waals surface area contributed by atoms with Gasteiger partial charge in [-0.25, -0.2) is 4.39 Å². The van der Waals surface area contributed by atoms with Crippen LogP contribution in [0.25, 0.3) is 10.9 Å². The summed E-state index contributed by atoms with van der Waals surface area (Å²) in [4.78, 5) is 4.37. The number of alkyl halides is 1. The van der Waals surface area contributed by atoms with E-state index in [1.807, 2.05) is 24.3 Å². The predicted octanol–water partition coefficient (Wildman–Crippen LogP) is 3.40. The van der Waals surface area contributed by atoms with Crippen LogP contribution in [0.3, 0.4) is 0 Å². The number of halogens is 1. The average molecular weight is 270 g/mol. The number of benzene rings is 1. The van der Waals surface area contributed by atoms with E-state index in [2.05, 4.69) is 16.4 Å². The highest BCUT2D eigenvalue weighted by Crippen LogP contribution is 2.39. The minimum absolute atomic E-state index is 0.381. The fraction of sp³-hybridized carbons (Fsp3) is 0.471. The van der Waals surface area contributed by atoms with Crippen LogP contribution in [0.15, 0.2) is 36.5 Å². The van der Waals surface area contributed by atoms with Crippen molar-refractivity contribution in [1.82, 2.24) is 10.3 Å². The maximum Gasteiger partial charge on any atom is 0.118 e. The minimum atomic E-state index is -1.05. The van der Waals surface area contributed by atoms with E-state index in [4.69, 9.17) is 0 Å². The lowest BCUT2D eigenvalue weighted by molar-refractivity contribution is 0.0897. The summed E-state index contributed by atoms with van der Waals surface area (Å²) in [5.74, 6) is 0. The Bertz CT molecular complexity index is 622. The van der Waals surface area contributed by atoms with Gasteiger partial charge < -0.3 is 5.32 Å². The third kappa shape index (κ3) is 2.10. The van der Waals surface area contributed by atoms with Gasteiger partial charge in [0.2, 0.25) is 0 Å². The molecule has 20 heavy (non-hydrogen) atoms. The van der Waals surface area contributed by atoms with Gasteiger partial charge in [0.15, 0.2) is 0 Å². The molecule has 2 aliphatic heterocycles. The van der Waals surface area contributed by atoms with Crippen LogP contribution in [-0.2, 0) is 6.42 Å². The van der Waals surface area contributed by atoms with Gasteiger partial charge in [-0.2, -0.15) is 0 Å². The number of nitrogens with one attached hydrogen (secondary N) is 1. The minimum Gasteiger partial charge on any atom is -0.311 e. The van der Waals surface area contributed by atoms with Crippen molar-refractivity contribution in [1.29, 1.82) is 0 Å². The van der Waals surface area contributed by atoms with Gasteiger partial charge >= 0.3 is 0 Å². The van der Waals surface area contributed by atoms with Crippen molar-refractivity contribution in [2.24, 2.45) is 0 Å². The molecule has 2 aliphatic rings. The topological polar surface area (TPSA) is 24.9 Å². The van der Waals surface area contributed by atoms with Crippen molar-refractivity contribution in [3.8, 4) is 0 Å². The fourth-order valence-electron chi connectivity index (χ4n) is 3.99. The van der Waals surface area contributed by atoms with E-state index in [0.717, 1.165) is 29.3 Å². The molecule has 2 atom stereocenters. The first-order valence-electron chi connectivity index (χ1n) is 7.49. The molecule has 2 aromatic rings. The molecule has 2 unspecified atom stereocenters. The molecule has 2 fully saturated rings. The average Bonchev–Trinajstić information content (AvgIpc) is 2.79. The zero-order chi connectivity index (χ0) is 13.6. The molecule has 2 saturated heterocycles. The summed E-state index contributed by atoms with van der Waals surface area (Å²) in [5.41, 5.74) is 1.01. The van der Waals surface area contributed by atoms with Gasteiger partial charge in [0, 0.05) is 30.1 Å². The molecule has 104 valence electrons. The Labute approximate surface area is 118 Å². The molecule has 1 aromatic heterocycles. The second kappa shape index (κ2) is 4.52. The number of fused-ring (bicyclic) bond motifs is 3. The van der Waals surface area contributed by atoms with Crippen molar-refractivity contribution < 1.29 is 4.39 Å². The van der Waals surface area contributed by atoms with E-state index < -0.39 is 5.67 Å². The maximum atomic E-state index is 15.3. The Morgan fingerprint density at radius 2 is 1.90 bits per heavy atom. The Balaban J connectivity index is 1.67. The highest BCUT2D eigenvalue weighted by molar-refractivity contribution is 5.81. The fourth-order valence-corrected chi connectivity index (χ4v) is 3.99. The van der Waals surface area contributed by atoms with E-state index in [-0.39, 0.29) is 0 Å². The van der Waals surface area contributed by atoms with Crippen molar-refractivity contribution in [2.75, 3.05) is 0 Å². The molecule has 0 saturated carbocycles. The van der Waals surface area contributed by atoms with Crippen LogP contribution in [0, 0.1) is 0 Å². The van der Waals surface area contributed by atoms with Crippen LogP contribution >= 0.6 is 0 Å². The number of hydrogen-bond acceptors (Lipinski definition) is 2. The quantitative estimate of drug-likeness (QED) is 0.904. The Kier molecular flexibility index (Phi) is 2.77. The van der Waals surface area contributed by atoms with Gasteiger partial charge in [-0.15, -0.1) is 0 Å². The van der Waals surface area contributed by atoms with Crippen LogP contribution in [0.2, 0.25) is 0 Å². The zero-order valence-electron chi connectivity index (χ0n) is 11.5. The zero-order valence-corrected chi connectivity index (χ0v) is 11.5. The highest BCUT2D eigenvalue weighted by atomic mass is 19.1. The number of rotatable bonds is 2. The van der Waals surface area contributed by atoms with Gasteiger partial charge in [-0.3, -0.25) is 4.98 Å². The molecule has 0 amide bonds. The van der Waals surface area contributed by atoms with Crippen LogP contribution in [0.4, 0.5) is 4.39 Å². The molecular formula is C17H19FN2. The Morgan fingerprint density at radius 1 is 1.15 bits per heavy atom. The lowest BCUT2D eigenvalue weighted by Gasteiger charge is -2.35. The van der Waals surface area contributed by atoms with Crippen molar-refractivity contribution >= 4 is 10.9 Å². The molecule has 1 N–H and O–H groups in total. The summed E-state index contributed by atoms with van der Waals surface area (Å²) in [6.45, 7) is 0. The summed E-state index contributed by atoms with van der Waals surface area (Å²) in [6.07, 6.45) is 5.89. The number of para-hydroxylation sites is 1. The van der Waals surface area contributed by atoms with Crippen LogP contribution in [-0.4, -0.2) is 22.7 Å². The lowest BCUT2D eigenvalue weighted by Crippen LogP contribution is -2.47. The standard InChI is InChI=1S/C17H19FN2/c18-17(10-13-5-6-14(11-17)20-13)9-12-7-8-19-16-4-2-1-3-15(12)16/h1-4,7-8,13-14,20H,5-6,9-11H2. The number of piperidine rings is 1. The molecule has 0 spiro atoms. The number of pyridine rings is 1. The largest absolute Gasteiger partial charge is 0.311 e. The molecule has 2 bridgehead atoms. The molecule has 0 radical (unpaired) electrons. The van der Waals surface area contributed by atoms with Crippen LogP contribution in [0.1, 0.15) is 31.2 Å². The third-order valence-corrected chi connectivity index (χ3v) is 4.81. The summed E-state index contributed by atoms with van der Waals surface area (Å²) >= 11 is 0. The number of nitrogens with zero attached hydrogens (tertiary/aromatic N) is 1. The van der Waals surface area contributed by atoms with Gasteiger partial charge in [0.05, 0.1) is 5.52 Å². The third-order valence-electron chi connectivity index (χ3n) is 4.81. The summed E-state index contributed by atoms with van der Waals surface area (Å²) in [7, 11) is 0. The molecule has 4 rings (SSSR count). The summed E-state index contributed by atoms with van der Waals surface area (Å²) in [5, 5.41) is 4.61.